The van der Waals surface area contributed by atoms with Crippen LogP contribution in [0.4, 0.5) is 13.2 Å². The second kappa shape index (κ2) is 9.37. The van der Waals surface area contributed by atoms with Gasteiger partial charge in [-0.3, -0.25) is 14.6 Å². The summed E-state index contributed by atoms with van der Waals surface area (Å²) in [4.78, 5) is 12.9. The highest BCUT2D eigenvalue weighted by molar-refractivity contribution is 5.98. The average molecular weight is 493 g/mol. The van der Waals surface area contributed by atoms with Crippen LogP contribution >= 0.6 is 0 Å². The van der Waals surface area contributed by atoms with Crippen LogP contribution in [0, 0.1) is 0 Å². The molecular formula is C26H22F3N5O2. The number of aryl methyl sites for hydroxylation is 1. The lowest BCUT2D eigenvalue weighted by Crippen LogP contribution is -2.24. The Labute approximate surface area is 203 Å². The molecule has 1 amide bonds. The van der Waals surface area contributed by atoms with E-state index in [-0.39, 0.29) is 18.2 Å². The first-order chi connectivity index (χ1) is 17.3. The van der Waals surface area contributed by atoms with Gasteiger partial charge in [-0.25, -0.2) is 0 Å². The number of halogens is 3. The molecule has 0 saturated carbocycles. The molecule has 0 aliphatic rings. The Morgan fingerprint density at radius 3 is 2.78 bits per heavy atom. The molecular weight excluding hydrogens is 471 g/mol. The van der Waals surface area contributed by atoms with Crippen LogP contribution in [0.2, 0.25) is 0 Å². The van der Waals surface area contributed by atoms with Gasteiger partial charge in [-0.1, -0.05) is 30.3 Å². The SMILES string of the molecule is Cn1ncc2ccc(Cc3[nH]nc4ccc(C(=O)NCc5ccccc5OCC(F)(F)F)cc34)cc21. The van der Waals surface area contributed by atoms with Gasteiger partial charge in [-0.05, 0) is 35.9 Å². The third-order valence-corrected chi connectivity index (χ3v) is 5.89. The van der Waals surface area contributed by atoms with E-state index in [1.54, 1.807) is 36.4 Å². The monoisotopic (exact) mass is 493 g/mol. The summed E-state index contributed by atoms with van der Waals surface area (Å²) in [6, 6.07) is 17.6. The minimum Gasteiger partial charge on any atom is -0.484 e. The predicted molar refractivity (Wildman–Crippen MR) is 129 cm³/mol. The maximum atomic E-state index is 12.9. The highest BCUT2D eigenvalue weighted by Gasteiger charge is 2.28. The number of nitrogens with zero attached hydrogens (tertiary/aromatic N) is 3. The number of carbonyl (C=O) groups is 1. The first kappa shape index (κ1) is 23.4. The molecule has 5 aromatic rings. The summed E-state index contributed by atoms with van der Waals surface area (Å²) in [5, 5.41) is 16.3. The van der Waals surface area contributed by atoms with Crippen molar-refractivity contribution in [2.24, 2.45) is 7.05 Å². The van der Waals surface area contributed by atoms with Gasteiger partial charge in [0.15, 0.2) is 6.61 Å². The molecule has 0 saturated heterocycles. The maximum absolute atomic E-state index is 12.9. The fraction of sp³-hybridized carbons (Fsp3) is 0.192. The molecule has 2 N–H and O–H groups in total. The standard InChI is InChI=1S/C26H22F3N5O2/c1-34-23-11-16(6-7-18(23)14-31-34)10-22-20-12-17(8-9-21(20)32-33-22)25(35)30-13-19-4-2-3-5-24(19)36-15-26(27,28)29/h2-9,11-12,14H,10,13,15H2,1H3,(H,30,35)(H,32,33). The molecule has 0 unspecified atom stereocenters. The van der Waals surface area contributed by atoms with Gasteiger partial charge in [0.2, 0.25) is 0 Å². The Morgan fingerprint density at radius 1 is 1.11 bits per heavy atom. The maximum Gasteiger partial charge on any atom is 0.422 e. The van der Waals surface area contributed by atoms with Crippen LogP contribution in [0.5, 0.6) is 5.75 Å². The number of rotatable bonds is 7. The van der Waals surface area contributed by atoms with E-state index >= 15 is 0 Å². The van der Waals surface area contributed by atoms with E-state index in [0.717, 1.165) is 33.1 Å². The van der Waals surface area contributed by atoms with E-state index in [4.69, 9.17) is 4.74 Å². The molecule has 0 fully saturated rings. The second-order valence-electron chi connectivity index (χ2n) is 8.47. The average Bonchev–Trinajstić information content (AvgIpc) is 3.44. The highest BCUT2D eigenvalue weighted by atomic mass is 19.4. The number of hydrogen-bond donors (Lipinski definition) is 2. The molecule has 0 aliphatic heterocycles. The van der Waals surface area contributed by atoms with Crippen LogP contribution in [0.15, 0.2) is 66.9 Å². The van der Waals surface area contributed by atoms with Crippen molar-refractivity contribution in [3.05, 3.63) is 89.2 Å². The van der Waals surface area contributed by atoms with Gasteiger partial charge in [0, 0.05) is 47.6 Å². The van der Waals surface area contributed by atoms with Crippen LogP contribution < -0.4 is 10.1 Å². The number of amides is 1. The van der Waals surface area contributed by atoms with Crippen molar-refractivity contribution in [3.8, 4) is 5.75 Å². The molecule has 10 heteroatoms. The molecule has 184 valence electrons. The van der Waals surface area contributed by atoms with Gasteiger partial charge in [0.1, 0.15) is 5.75 Å². The number of benzene rings is 3. The smallest absolute Gasteiger partial charge is 0.422 e. The van der Waals surface area contributed by atoms with Crippen molar-refractivity contribution in [3.63, 3.8) is 0 Å². The molecule has 0 radical (unpaired) electrons. The molecule has 7 nitrogen and oxygen atoms in total. The first-order valence-electron chi connectivity index (χ1n) is 11.2. The van der Waals surface area contributed by atoms with Gasteiger partial charge in [0.05, 0.1) is 17.2 Å². The van der Waals surface area contributed by atoms with Crippen LogP contribution in [-0.4, -0.2) is 38.7 Å². The van der Waals surface area contributed by atoms with E-state index < -0.39 is 12.8 Å². The molecule has 36 heavy (non-hydrogen) atoms. The highest BCUT2D eigenvalue weighted by Crippen LogP contribution is 2.24. The summed E-state index contributed by atoms with van der Waals surface area (Å²) in [7, 11) is 1.89. The lowest BCUT2D eigenvalue weighted by atomic mass is 10.0. The largest absolute Gasteiger partial charge is 0.484 e. The van der Waals surface area contributed by atoms with Crippen molar-refractivity contribution >= 4 is 27.7 Å². The Morgan fingerprint density at radius 2 is 1.94 bits per heavy atom. The van der Waals surface area contributed by atoms with Gasteiger partial charge in [0.25, 0.3) is 5.91 Å². The zero-order valence-corrected chi connectivity index (χ0v) is 19.3. The van der Waals surface area contributed by atoms with Gasteiger partial charge in [-0.2, -0.15) is 23.4 Å². The van der Waals surface area contributed by atoms with Crippen LogP contribution in [0.3, 0.4) is 0 Å². The van der Waals surface area contributed by atoms with Crippen molar-refractivity contribution < 1.29 is 22.7 Å². The second-order valence-corrected chi connectivity index (χ2v) is 8.47. The number of alkyl halides is 3. The van der Waals surface area contributed by atoms with E-state index in [1.165, 1.54) is 6.07 Å². The fourth-order valence-electron chi connectivity index (χ4n) is 4.07. The summed E-state index contributed by atoms with van der Waals surface area (Å²) in [5.41, 5.74) is 4.56. The zero-order valence-electron chi connectivity index (χ0n) is 19.3. The molecule has 5 rings (SSSR count). The lowest BCUT2D eigenvalue weighted by Gasteiger charge is -2.13. The zero-order chi connectivity index (χ0) is 25.3. The summed E-state index contributed by atoms with van der Waals surface area (Å²) in [6.45, 7) is -1.38. The number of nitrogens with one attached hydrogen (secondary N) is 2. The number of fused-ring (bicyclic) bond motifs is 2. The van der Waals surface area contributed by atoms with Crippen LogP contribution in [-0.2, 0) is 20.0 Å². The number of aromatic amines is 1. The van der Waals surface area contributed by atoms with Gasteiger partial charge in [-0.15, -0.1) is 0 Å². The minimum absolute atomic E-state index is 0.0217. The molecule has 0 atom stereocenters. The number of para-hydroxylation sites is 1. The number of carbonyl (C=O) groups excluding carboxylic acids is 1. The summed E-state index contributed by atoms with van der Waals surface area (Å²) >= 11 is 0. The van der Waals surface area contributed by atoms with Crippen molar-refractivity contribution in [2.75, 3.05) is 6.61 Å². The van der Waals surface area contributed by atoms with E-state index in [2.05, 4.69) is 26.7 Å². The normalized spacial score (nSPS) is 11.8. The molecule has 0 aliphatic carbocycles. The first-order valence-corrected chi connectivity index (χ1v) is 11.2. The van der Waals surface area contributed by atoms with Crippen LogP contribution in [0.25, 0.3) is 21.8 Å². The molecule has 0 spiro atoms. The molecule has 2 heterocycles. The van der Waals surface area contributed by atoms with Crippen LogP contribution in [0.1, 0.15) is 27.2 Å². The van der Waals surface area contributed by atoms with Crippen molar-refractivity contribution in [2.45, 2.75) is 19.1 Å². The lowest BCUT2D eigenvalue weighted by molar-refractivity contribution is -0.153. The van der Waals surface area contributed by atoms with E-state index in [0.29, 0.717) is 17.5 Å². The fourth-order valence-corrected chi connectivity index (χ4v) is 4.07. The minimum atomic E-state index is -4.45. The quantitative estimate of drug-likeness (QED) is 0.337. The number of aromatic nitrogens is 4. The van der Waals surface area contributed by atoms with Gasteiger partial charge < -0.3 is 10.1 Å². The van der Waals surface area contributed by atoms with Crippen molar-refractivity contribution in [1.82, 2.24) is 25.3 Å². The van der Waals surface area contributed by atoms with E-state index in [9.17, 15) is 18.0 Å². The number of hydrogen-bond acceptors (Lipinski definition) is 4. The summed E-state index contributed by atoms with van der Waals surface area (Å²) < 4.78 is 44.3. The summed E-state index contributed by atoms with van der Waals surface area (Å²) in [6.07, 6.45) is -2.04. The molecule has 3 aromatic carbocycles. The molecule has 0 bridgehead atoms. The molecule has 2 aromatic heterocycles. The van der Waals surface area contributed by atoms with Gasteiger partial charge >= 0.3 is 6.18 Å². The Balaban J connectivity index is 1.32. The Hall–Kier alpha value is -4.34. The third kappa shape index (κ3) is 5.02. The number of ether oxygens (including phenoxy) is 1. The topological polar surface area (TPSA) is 84.8 Å². The number of H-pyrrole nitrogens is 1. The van der Waals surface area contributed by atoms with Crippen molar-refractivity contribution in [1.29, 1.82) is 0 Å². The Kier molecular flexibility index (Phi) is 6.09. The van der Waals surface area contributed by atoms with E-state index in [1.807, 2.05) is 30.1 Å². The third-order valence-electron chi connectivity index (χ3n) is 5.89. The summed E-state index contributed by atoms with van der Waals surface area (Å²) in [5.74, 6) is -0.279. The Bertz CT molecular complexity index is 1550. The predicted octanol–water partition coefficient (Wildman–Crippen LogP) is 4.91.